The lowest BCUT2D eigenvalue weighted by Gasteiger charge is -2.20. The predicted molar refractivity (Wildman–Crippen MR) is 59.5 cm³/mol. The van der Waals surface area contributed by atoms with Gasteiger partial charge in [-0.05, 0) is 43.4 Å². The molecule has 3 rings (SSSR count). The number of aliphatic hydroxyl groups is 1. The number of halogens is 1. The Morgan fingerprint density at radius 3 is 2.81 bits per heavy atom. The van der Waals surface area contributed by atoms with Crippen molar-refractivity contribution < 1.29 is 9.50 Å². The summed E-state index contributed by atoms with van der Waals surface area (Å²) in [7, 11) is 0. The average Bonchev–Trinajstić information content (AvgIpc) is 2.88. The van der Waals surface area contributed by atoms with Crippen molar-refractivity contribution in [3.63, 3.8) is 0 Å². The van der Waals surface area contributed by atoms with E-state index in [9.17, 15) is 9.50 Å². The molecule has 2 fully saturated rings. The van der Waals surface area contributed by atoms with Crippen molar-refractivity contribution in [1.29, 1.82) is 0 Å². The highest BCUT2D eigenvalue weighted by atomic mass is 19.1. The largest absolute Gasteiger partial charge is 0.387 e. The molecule has 1 spiro atoms. The molecule has 0 aromatic heterocycles. The number of rotatable bonds is 2. The topological polar surface area (TPSA) is 32.3 Å². The van der Waals surface area contributed by atoms with Gasteiger partial charge in [-0.25, -0.2) is 4.39 Å². The molecule has 1 unspecified atom stereocenters. The van der Waals surface area contributed by atoms with Crippen LogP contribution in [0.1, 0.15) is 37.4 Å². The first-order valence-corrected chi connectivity index (χ1v) is 5.90. The van der Waals surface area contributed by atoms with Crippen molar-refractivity contribution in [2.45, 2.75) is 43.4 Å². The van der Waals surface area contributed by atoms with Crippen molar-refractivity contribution in [1.82, 2.24) is 5.32 Å². The molecule has 1 aromatic rings. The number of benzene rings is 1. The van der Waals surface area contributed by atoms with Crippen molar-refractivity contribution in [3.8, 4) is 0 Å². The molecule has 2 atom stereocenters. The molecule has 1 saturated carbocycles. The molecule has 1 aromatic carbocycles. The molecule has 1 aliphatic heterocycles. The molecule has 1 aliphatic carbocycles. The lowest BCUT2D eigenvalue weighted by molar-refractivity contribution is 0.134. The van der Waals surface area contributed by atoms with Crippen molar-refractivity contribution in [2.75, 3.05) is 0 Å². The summed E-state index contributed by atoms with van der Waals surface area (Å²) in [5.41, 5.74) is 0.995. The molecule has 0 bridgehead atoms. The second kappa shape index (κ2) is 3.54. The maximum Gasteiger partial charge on any atom is 0.123 e. The Balaban J connectivity index is 1.75. The van der Waals surface area contributed by atoms with E-state index in [-0.39, 0.29) is 11.9 Å². The lowest BCUT2D eigenvalue weighted by atomic mass is 10.0. The number of nitrogens with one attached hydrogen (secondary N) is 1. The van der Waals surface area contributed by atoms with Crippen LogP contribution in [0.3, 0.4) is 0 Å². The Hall–Kier alpha value is -0.930. The van der Waals surface area contributed by atoms with Gasteiger partial charge in [-0.3, -0.25) is 0 Å². The molecule has 2 nitrogen and oxygen atoms in total. The third kappa shape index (κ3) is 1.74. The summed E-state index contributed by atoms with van der Waals surface area (Å²) in [6.45, 7) is 0. The van der Waals surface area contributed by atoms with E-state index < -0.39 is 6.10 Å². The monoisotopic (exact) mass is 221 g/mol. The fraction of sp³-hybridized carbons (Fsp3) is 0.538. The third-order valence-electron chi connectivity index (χ3n) is 3.85. The van der Waals surface area contributed by atoms with Gasteiger partial charge in [0.1, 0.15) is 5.82 Å². The number of aliphatic hydroxyl groups excluding tert-OH is 1. The Bertz CT molecular complexity index is 403. The van der Waals surface area contributed by atoms with E-state index >= 15 is 0 Å². The zero-order valence-corrected chi connectivity index (χ0v) is 9.12. The average molecular weight is 221 g/mol. The Kier molecular flexibility index (Phi) is 2.26. The molecule has 0 amide bonds. The van der Waals surface area contributed by atoms with Crippen LogP contribution < -0.4 is 5.32 Å². The van der Waals surface area contributed by atoms with E-state index in [1.165, 1.54) is 25.0 Å². The van der Waals surface area contributed by atoms with Gasteiger partial charge in [0.15, 0.2) is 0 Å². The van der Waals surface area contributed by atoms with Gasteiger partial charge in [0.05, 0.1) is 6.10 Å². The second-order valence-corrected chi connectivity index (χ2v) is 5.07. The first-order chi connectivity index (χ1) is 7.69. The number of hydrogen-bond donors (Lipinski definition) is 2. The molecular formula is C13H16FNO. The molecule has 86 valence electrons. The molecule has 3 heteroatoms. The van der Waals surface area contributed by atoms with Gasteiger partial charge in [0.25, 0.3) is 0 Å². The molecule has 1 saturated heterocycles. The summed E-state index contributed by atoms with van der Waals surface area (Å²) in [6, 6.07) is 6.35. The van der Waals surface area contributed by atoms with Gasteiger partial charge in [-0.1, -0.05) is 12.1 Å². The summed E-state index contributed by atoms with van der Waals surface area (Å²) < 4.78 is 13.0. The minimum Gasteiger partial charge on any atom is -0.387 e. The van der Waals surface area contributed by atoms with Crippen LogP contribution in [0, 0.1) is 5.82 Å². The summed E-state index contributed by atoms with van der Waals surface area (Å²) in [5, 5.41) is 13.7. The molecule has 2 aliphatic rings. The Morgan fingerprint density at radius 2 is 2.19 bits per heavy atom. The predicted octanol–water partition coefficient (Wildman–Crippen LogP) is 2.14. The van der Waals surface area contributed by atoms with Crippen LogP contribution in [0.25, 0.3) is 0 Å². The normalized spacial score (nSPS) is 28.2. The van der Waals surface area contributed by atoms with E-state index in [2.05, 4.69) is 5.32 Å². The Labute approximate surface area is 94.5 Å². The minimum atomic E-state index is -0.587. The highest BCUT2D eigenvalue weighted by Gasteiger charge is 2.49. The van der Waals surface area contributed by atoms with Crippen LogP contribution in [0.15, 0.2) is 24.3 Å². The molecular weight excluding hydrogens is 205 g/mol. The molecule has 0 radical (unpaired) electrons. The van der Waals surface area contributed by atoms with Crippen LogP contribution in [0.2, 0.25) is 0 Å². The fourth-order valence-electron chi connectivity index (χ4n) is 2.67. The van der Waals surface area contributed by atoms with Crippen LogP contribution in [0.4, 0.5) is 4.39 Å². The lowest BCUT2D eigenvalue weighted by Crippen LogP contribution is -2.35. The smallest absolute Gasteiger partial charge is 0.123 e. The summed E-state index contributed by atoms with van der Waals surface area (Å²) >= 11 is 0. The van der Waals surface area contributed by atoms with Crippen molar-refractivity contribution in [2.24, 2.45) is 0 Å². The van der Waals surface area contributed by atoms with E-state index in [1.54, 1.807) is 12.1 Å². The van der Waals surface area contributed by atoms with Gasteiger partial charge < -0.3 is 10.4 Å². The standard InChI is InChI=1S/C13H16FNO/c14-10-3-1-2-9(8-10)12(16)11-4-5-13(15-11)6-7-13/h1-3,8,11-12,15-16H,4-7H2/t11?,12-/m1/s1. The van der Waals surface area contributed by atoms with Crippen LogP contribution in [-0.4, -0.2) is 16.7 Å². The van der Waals surface area contributed by atoms with Crippen molar-refractivity contribution in [3.05, 3.63) is 35.6 Å². The summed E-state index contributed by atoms with van der Waals surface area (Å²) in [4.78, 5) is 0. The molecule has 16 heavy (non-hydrogen) atoms. The fourth-order valence-corrected chi connectivity index (χ4v) is 2.67. The van der Waals surface area contributed by atoms with Gasteiger partial charge in [0, 0.05) is 11.6 Å². The van der Waals surface area contributed by atoms with Gasteiger partial charge >= 0.3 is 0 Å². The molecule has 2 N–H and O–H groups in total. The van der Waals surface area contributed by atoms with E-state index in [0.29, 0.717) is 11.1 Å². The van der Waals surface area contributed by atoms with E-state index in [0.717, 1.165) is 12.8 Å². The SMILES string of the molecule is O[C@H](c1cccc(F)c1)C1CCC2(CC2)N1. The minimum absolute atomic E-state index is 0.0873. The van der Waals surface area contributed by atoms with Gasteiger partial charge in [-0.15, -0.1) is 0 Å². The summed E-state index contributed by atoms with van der Waals surface area (Å²) in [6.07, 6.45) is 3.98. The van der Waals surface area contributed by atoms with Gasteiger partial charge in [-0.2, -0.15) is 0 Å². The van der Waals surface area contributed by atoms with Crippen LogP contribution in [-0.2, 0) is 0 Å². The zero-order valence-electron chi connectivity index (χ0n) is 9.12. The Morgan fingerprint density at radius 1 is 1.38 bits per heavy atom. The van der Waals surface area contributed by atoms with Crippen molar-refractivity contribution >= 4 is 0 Å². The first kappa shape index (κ1) is 10.2. The quantitative estimate of drug-likeness (QED) is 0.802. The highest BCUT2D eigenvalue weighted by molar-refractivity contribution is 5.22. The zero-order chi connectivity index (χ0) is 11.2. The first-order valence-electron chi connectivity index (χ1n) is 5.90. The van der Waals surface area contributed by atoms with E-state index in [1.807, 2.05) is 0 Å². The highest BCUT2D eigenvalue weighted by Crippen LogP contribution is 2.46. The second-order valence-electron chi connectivity index (χ2n) is 5.07. The molecule has 1 heterocycles. The van der Waals surface area contributed by atoms with Gasteiger partial charge in [0.2, 0.25) is 0 Å². The third-order valence-corrected chi connectivity index (χ3v) is 3.85. The number of hydrogen-bond acceptors (Lipinski definition) is 2. The maximum absolute atomic E-state index is 13.0. The van der Waals surface area contributed by atoms with Crippen LogP contribution >= 0.6 is 0 Å². The maximum atomic E-state index is 13.0. The van der Waals surface area contributed by atoms with Crippen LogP contribution in [0.5, 0.6) is 0 Å². The van der Waals surface area contributed by atoms with E-state index in [4.69, 9.17) is 0 Å². The summed E-state index contributed by atoms with van der Waals surface area (Å²) in [5.74, 6) is -0.282.